The molecule has 7 saturated carbocycles. The van der Waals surface area contributed by atoms with Gasteiger partial charge in [0.15, 0.2) is 11.4 Å². The molecule has 0 aromatic heterocycles. The monoisotopic (exact) mass is 909 g/mol. The molecule has 7 nitrogen and oxygen atoms in total. The van der Waals surface area contributed by atoms with Gasteiger partial charge in [0.25, 0.3) is 0 Å². The number of aliphatic hydroxyl groups is 2. The van der Waals surface area contributed by atoms with Crippen molar-refractivity contribution in [2.75, 3.05) is 0 Å². The Morgan fingerprint density at radius 1 is 0.627 bits per heavy atom. The fraction of sp³-hybridized carbons (Fsp3) is 0.667. The normalized spacial score (nSPS) is 43.8. The summed E-state index contributed by atoms with van der Waals surface area (Å²) in [6.45, 7) is 8.27. The highest BCUT2D eigenvalue weighted by Gasteiger charge is 2.65. The van der Waals surface area contributed by atoms with E-state index < -0.39 is 11.2 Å². The highest BCUT2D eigenvalue weighted by molar-refractivity contribution is 5.91. The summed E-state index contributed by atoms with van der Waals surface area (Å²) in [5.74, 6) is 12.7. The van der Waals surface area contributed by atoms with E-state index in [2.05, 4.69) is 44.7 Å². The number of phenolic OH excluding ortho intramolecular Hbond substituents is 2. The van der Waals surface area contributed by atoms with Crippen LogP contribution in [0.4, 0.5) is 0 Å². The first-order valence-corrected chi connectivity index (χ1v) is 26.4. The van der Waals surface area contributed by atoms with E-state index in [0.717, 1.165) is 109 Å². The molecule has 7 fully saturated rings. The van der Waals surface area contributed by atoms with Crippen molar-refractivity contribution in [1.29, 1.82) is 0 Å². The third-order valence-electron chi connectivity index (χ3n) is 21.7. The molecule has 2 aromatic rings. The summed E-state index contributed by atoms with van der Waals surface area (Å²) >= 11 is 0. The summed E-state index contributed by atoms with van der Waals surface area (Å²) in [5.41, 5.74) is 5.25. The molecule has 12 rings (SSSR count). The van der Waals surface area contributed by atoms with Gasteiger partial charge in [-0.05, 0) is 239 Å². The van der Waals surface area contributed by atoms with Gasteiger partial charge in [0, 0.05) is 24.2 Å². The molecule has 67 heavy (non-hydrogen) atoms. The number of benzene rings is 2. The smallest absolute Gasteiger partial charge is 0.304 e. The Kier molecular flexibility index (Phi) is 11.9. The molecule has 0 bridgehead atoms. The van der Waals surface area contributed by atoms with Gasteiger partial charge in [-0.25, -0.2) is 0 Å². The minimum Gasteiger partial charge on any atom is -0.508 e. The number of phenols is 2. The zero-order valence-electron chi connectivity index (χ0n) is 40.7. The van der Waals surface area contributed by atoms with Crippen molar-refractivity contribution in [1.82, 2.24) is 0 Å². The van der Waals surface area contributed by atoms with Crippen LogP contribution in [0.5, 0.6) is 11.5 Å². The SMILES string of the molecule is C#C[C@]1(O)CC[C@H]2[C@@H]3CCc4cc(O)ccc4[C@H]3CC[C@@]21C.C#C[C@]1(OC(C)=O)CC[C@H]2[C@@H]3CCC4=CC(=O)CC[C@@H]4[C@H]3CC[C@@]21C.C[C@]12CC[C@@H]3c4ccc(O)cc4CC[C@H]3[C@@H]1CC[C@@H]2O. The number of rotatable bonds is 1. The molecule has 358 valence electrons. The summed E-state index contributed by atoms with van der Waals surface area (Å²) in [5, 5.41) is 40.7. The van der Waals surface area contributed by atoms with E-state index in [4.69, 9.17) is 17.6 Å². The molecule has 7 heteroatoms. The lowest BCUT2D eigenvalue weighted by molar-refractivity contribution is -0.167. The Labute approximate surface area is 400 Å². The highest BCUT2D eigenvalue weighted by atomic mass is 16.6. The second-order valence-corrected chi connectivity index (χ2v) is 24.1. The predicted octanol–water partition coefficient (Wildman–Crippen LogP) is 11.3. The van der Waals surface area contributed by atoms with E-state index >= 15 is 0 Å². The Hall–Kier alpha value is -4.04. The van der Waals surface area contributed by atoms with E-state index in [1.807, 2.05) is 30.3 Å². The third kappa shape index (κ3) is 7.36. The molecular formula is C60H76O7. The number of carbonyl (C=O) groups is 2. The van der Waals surface area contributed by atoms with Crippen LogP contribution in [0.2, 0.25) is 0 Å². The summed E-state index contributed by atoms with van der Waals surface area (Å²) in [4.78, 5) is 23.5. The summed E-state index contributed by atoms with van der Waals surface area (Å²) < 4.78 is 5.79. The summed E-state index contributed by atoms with van der Waals surface area (Å²) in [6.07, 6.45) is 34.4. The number of aryl methyl sites for hydroxylation is 2. The van der Waals surface area contributed by atoms with Gasteiger partial charge in [-0.2, -0.15) is 0 Å². The lowest BCUT2D eigenvalue weighted by atomic mass is 9.50. The molecule has 0 radical (unpaired) electrons. The Balaban J connectivity index is 0.000000118. The van der Waals surface area contributed by atoms with Crippen molar-refractivity contribution in [2.24, 2.45) is 63.6 Å². The van der Waals surface area contributed by atoms with E-state index in [1.54, 1.807) is 0 Å². The van der Waals surface area contributed by atoms with Crippen molar-refractivity contribution < 1.29 is 34.8 Å². The number of aliphatic hydroxyl groups excluding tert-OH is 1. The number of carbonyl (C=O) groups excluding carboxylic acids is 2. The van der Waals surface area contributed by atoms with E-state index in [9.17, 15) is 30.0 Å². The number of esters is 1. The largest absolute Gasteiger partial charge is 0.508 e. The quantitative estimate of drug-likeness (QED) is 0.166. The van der Waals surface area contributed by atoms with Gasteiger partial charge < -0.3 is 25.2 Å². The molecule has 0 amide bonds. The third-order valence-corrected chi connectivity index (χ3v) is 21.7. The lowest BCUT2D eigenvalue weighted by Gasteiger charge is -2.55. The number of terminal acetylenes is 2. The van der Waals surface area contributed by atoms with Crippen LogP contribution in [0, 0.1) is 88.3 Å². The van der Waals surface area contributed by atoms with Crippen molar-refractivity contribution >= 4 is 11.8 Å². The van der Waals surface area contributed by atoms with Gasteiger partial charge in [0.1, 0.15) is 17.1 Å². The van der Waals surface area contributed by atoms with Gasteiger partial charge in [-0.1, -0.05) is 50.3 Å². The first kappa shape index (κ1) is 46.7. The van der Waals surface area contributed by atoms with Gasteiger partial charge in [-0.3, -0.25) is 9.59 Å². The van der Waals surface area contributed by atoms with Crippen LogP contribution in [0.1, 0.15) is 177 Å². The zero-order valence-corrected chi connectivity index (χ0v) is 40.7. The van der Waals surface area contributed by atoms with Gasteiger partial charge in [0.2, 0.25) is 0 Å². The maximum absolute atomic E-state index is 11.8. The van der Waals surface area contributed by atoms with Crippen molar-refractivity contribution in [2.45, 2.75) is 185 Å². The van der Waals surface area contributed by atoms with Crippen LogP contribution in [0.15, 0.2) is 48.0 Å². The number of hydrogen-bond donors (Lipinski definition) is 4. The molecule has 10 aliphatic carbocycles. The van der Waals surface area contributed by atoms with E-state index in [-0.39, 0.29) is 28.3 Å². The molecule has 10 aliphatic rings. The first-order valence-electron chi connectivity index (χ1n) is 26.4. The first-order chi connectivity index (χ1) is 32.0. The minimum absolute atomic E-state index is 0.0883. The predicted molar refractivity (Wildman–Crippen MR) is 261 cm³/mol. The van der Waals surface area contributed by atoms with Gasteiger partial charge in [-0.15, -0.1) is 12.8 Å². The lowest BCUT2D eigenvalue weighted by Crippen LogP contribution is -2.53. The molecule has 0 heterocycles. The zero-order chi connectivity index (χ0) is 47.3. The summed E-state index contributed by atoms with van der Waals surface area (Å²) in [6, 6.07) is 11.8. The molecule has 0 saturated heterocycles. The second kappa shape index (κ2) is 17.1. The molecule has 0 unspecified atom stereocenters. The van der Waals surface area contributed by atoms with Gasteiger partial charge in [0.05, 0.1) is 6.10 Å². The van der Waals surface area contributed by atoms with Crippen LogP contribution < -0.4 is 0 Å². The number of allylic oxidation sites excluding steroid dienone is 1. The fourth-order valence-corrected chi connectivity index (χ4v) is 18.2. The number of hydrogen-bond acceptors (Lipinski definition) is 7. The molecule has 2 aromatic carbocycles. The Morgan fingerprint density at radius 3 is 1.87 bits per heavy atom. The van der Waals surface area contributed by atoms with E-state index in [0.29, 0.717) is 77.0 Å². The average molecular weight is 909 g/mol. The Bertz CT molecular complexity index is 2400. The van der Waals surface area contributed by atoms with Crippen molar-refractivity contribution in [3.05, 3.63) is 70.3 Å². The van der Waals surface area contributed by atoms with Crippen LogP contribution in [0.3, 0.4) is 0 Å². The maximum Gasteiger partial charge on any atom is 0.304 e. The number of fused-ring (bicyclic) bond motifs is 15. The average Bonchev–Trinajstić information content (AvgIpc) is 3.90. The molecule has 4 N–H and O–H groups in total. The van der Waals surface area contributed by atoms with Crippen molar-refractivity contribution in [3.8, 4) is 36.2 Å². The topological polar surface area (TPSA) is 124 Å². The number of aromatic hydroxyl groups is 2. The van der Waals surface area contributed by atoms with E-state index in [1.165, 1.54) is 54.0 Å². The van der Waals surface area contributed by atoms with Crippen LogP contribution in [-0.2, 0) is 27.2 Å². The molecule has 0 aliphatic heterocycles. The minimum atomic E-state index is -0.919. The summed E-state index contributed by atoms with van der Waals surface area (Å²) in [7, 11) is 0. The standard InChI is InChI=1S/C22H28O3.C20H24O2.C18H24O2/c1-4-22(25-14(2)23)12-10-20-19-7-5-15-13-16(24)6-8-17(15)18(19)9-11-21(20,22)3;1-3-20(22)11-9-18-17-6-4-13-12-14(21)5-7-15(13)16(17)8-10-19(18,20)2;1-18-9-8-14-13-5-3-12(19)10-11(13)2-4-15(14)16(18)6-7-17(18)20/h1,13,17-20H,5-12H2,2-3H3;1,5,7,12,16-18,21-22H,4,6,8-11H2,2H3;3,5,10,14-17,19-20H,2,4,6-9H2,1H3/t17-,18+,19+,20-,21-,22-;16-,17-,18+,19+,20+;14-,15-,16+,17+,18+/m011/s1. The second-order valence-electron chi connectivity index (χ2n) is 24.1. The van der Waals surface area contributed by atoms with Gasteiger partial charge >= 0.3 is 5.97 Å². The highest BCUT2D eigenvalue weighted by Crippen LogP contribution is 2.67. The molecule has 16 atom stereocenters. The molecular weight excluding hydrogens is 833 g/mol. The fourth-order valence-electron chi connectivity index (χ4n) is 18.2. The van der Waals surface area contributed by atoms with Crippen LogP contribution in [-0.4, -0.2) is 49.5 Å². The number of ketones is 1. The number of ether oxygens (including phenoxy) is 1. The van der Waals surface area contributed by atoms with Crippen molar-refractivity contribution in [3.63, 3.8) is 0 Å². The van der Waals surface area contributed by atoms with Crippen LogP contribution in [0.25, 0.3) is 0 Å². The van der Waals surface area contributed by atoms with Crippen LogP contribution >= 0.6 is 0 Å². The maximum atomic E-state index is 11.8. The molecule has 0 spiro atoms. The Morgan fingerprint density at radius 2 is 1.22 bits per heavy atom.